The first-order chi connectivity index (χ1) is 7.94. The van der Waals surface area contributed by atoms with E-state index in [1.54, 1.807) is 20.8 Å². The summed E-state index contributed by atoms with van der Waals surface area (Å²) >= 11 is 0. The molecule has 0 aromatic carbocycles. The lowest BCUT2D eigenvalue weighted by molar-refractivity contribution is -0.159. The van der Waals surface area contributed by atoms with Gasteiger partial charge in [-0.1, -0.05) is 0 Å². The van der Waals surface area contributed by atoms with Crippen LogP contribution in [0.3, 0.4) is 0 Å². The first-order valence-electron chi connectivity index (χ1n) is 4.81. The largest absolute Gasteiger partial charge is 0.481 e. The molecule has 0 bridgehead atoms. The number of rotatable bonds is 4. The van der Waals surface area contributed by atoms with Gasteiger partial charge in [0.1, 0.15) is 18.4 Å². The molecule has 0 saturated carbocycles. The summed E-state index contributed by atoms with van der Waals surface area (Å²) in [7, 11) is 0. The Balaban J connectivity index is 0. The molecule has 0 unspecified atom stereocenters. The van der Waals surface area contributed by atoms with Crippen LogP contribution in [0, 0.1) is 0 Å². The Bertz CT molecular complexity index is 313. The second-order valence-electron chi connectivity index (χ2n) is 4.12. The topological polar surface area (TPSA) is 138 Å². The van der Waals surface area contributed by atoms with Gasteiger partial charge in [0, 0.05) is 0 Å². The van der Waals surface area contributed by atoms with E-state index in [0.717, 1.165) is 0 Å². The first kappa shape index (κ1) is 18.3. The fourth-order valence-electron chi connectivity index (χ4n) is 0.630. The molecule has 0 heterocycles. The Labute approximate surface area is 103 Å². The molecule has 0 aromatic heterocycles. The van der Waals surface area contributed by atoms with Crippen molar-refractivity contribution in [1.29, 1.82) is 0 Å². The molecule has 0 rings (SSSR count). The van der Waals surface area contributed by atoms with Gasteiger partial charge < -0.3 is 20.1 Å². The Morgan fingerprint density at radius 1 is 0.833 bits per heavy atom. The minimum atomic E-state index is -1.31. The summed E-state index contributed by atoms with van der Waals surface area (Å²) < 4.78 is 4.73. The molecular weight excluding hydrogens is 248 g/mol. The zero-order valence-corrected chi connectivity index (χ0v) is 10.3. The summed E-state index contributed by atoms with van der Waals surface area (Å²) in [6.45, 7) is 5.06. The van der Waals surface area contributed by atoms with Crippen LogP contribution in [0.25, 0.3) is 0 Å². The summed E-state index contributed by atoms with van der Waals surface area (Å²) in [5.74, 6) is -4.50. The number of esters is 1. The van der Waals surface area contributed by atoms with Crippen LogP contribution in [0.2, 0.25) is 0 Å². The molecule has 3 N–H and O–H groups in total. The lowest BCUT2D eigenvalue weighted by atomic mass is 10.2. The molecule has 18 heavy (non-hydrogen) atoms. The molecule has 0 amide bonds. The average Bonchev–Trinajstić information content (AvgIpc) is 1.94. The number of carbonyl (C=O) groups is 4. The Kier molecular flexibility index (Phi) is 8.15. The van der Waals surface area contributed by atoms with Gasteiger partial charge in [-0.15, -0.1) is 0 Å². The highest BCUT2D eigenvalue weighted by molar-refractivity contribution is 5.90. The quantitative estimate of drug-likeness (QED) is 0.488. The third-order valence-electron chi connectivity index (χ3n) is 1.02. The van der Waals surface area contributed by atoms with Crippen molar-refractivity contribution in [3.05, 3.63) is 0 Å². The fourth-order valence-corrected chi connectivity index (χ4v) is 0.630. The van der Waals surface area contributed by atoms with Crippen molar-refractivity contribution >= 4 is 23.9 Å². The molecular formula is C10H16O8. The van der Waals surface area contributed by atoms with E-state index >= 15 is 0 Å². The van der Waals surface area contributed by atoms with Crippen molar-refractivity contribution in [2.75, 3.05) is 0 Å². The van der Waals surface area contributed by atoms with E-state index in [9.17, 15) is 19.2 Å². The van der Waals surface area contributed by atoms with Gasteiger partial charge in [-0.25, -0.2) is 0 Å². The SMILES string of the molecule is CC(C)(C)OC(=O)CC(=O)O.O=C(O)CC(=O)O. The fraction of sp³-hybridized carbons (Fsp3) is 0.600. The molecule has 0 fully saturated rings. The van der Waals surface area contributed by atoms with E-state index in [2.05, 4.69) is 0 Å². The smallest absolute Gasteiger partial charge is 0.317 e. The zero-order chi connectivity index (χ0) is 14.9. The molecule has 8 heteroatoms. The van der Waals surface area contributed by atoms with Crippen molar-refractivity contribution in [3.63, 3.8) is 0 Å². The molecule has 0 atom stereocenters. The van der Waals surface area contributed by atoms with Crippen molar-refractivity contribution in [2.24, 2.45) is 0 Å². The number of carboxylic acid groups (broad SMARTS) is 3. The molecule has 0 aliphatic carbocycles. The molecule has 0 aliphatic heterocycles. The minimum absolute atomic E-state index is 0.572. The lowest BCUT2D eigenvalue weighted by Gasteiger charge is -2.18. The maximum absolute atomic E-state index is 10.7. The summed E-state index contributed by atoms with van der Waals surface area (Å²) in [5.41, 5.74) is -0.605. The molecule has 0 saturated heterocycles. The third-order valence-corrected chi connectivity index (χ3v) is 1.02. The van der Waals surface area contributed by atoms with Crippen LogP contribution >= 0.6 is 0 Å². The Morgan fingerprint density at radius 3 is 1.33 bits per heavy atom. The summed E-state index contributed by atoms with van der Waals surface area (Å²) in [4.78, 5) is 39.5. The van der Waals surface area contributed by atoms with Crippen molar-refractivity contribution in [2.45, 2.75) is 39.2 Å². The highest BCUT2D eigenvalue weighted by atomic mass is 16.6. The van der Waals surface area contributed by atoms with Gasteiger partial charge in [-0.3, -0.25) is 19.2 Å². The van der Waals surface area contributed by atoms with E-state index in [-0.39, 0.29) is 0 Å². The first-order valence-corrected chi connectivity index (χ1v) is 4.81. The standard InChI is InChI=1S/C7H12O4.C3H4O4/c1-7(2,3)11-6(10)4-5(8)9;4-2(5)1-3(6)7/h4H2,1-3H3,(H,8,9);1H2,(H,4,5)(H,6,7). The number of ether oxygens (including phenoxy) is 1. The van der Waals surface area contributed by atoms with Crippen LogP contribution in [0.1, 0.15) is 33.6 Å². The summed E-state index contributed by atoms with van der Waals surface area (Å²) in [6, 6.07) is 0. The number of carboxylic acids is 3. The minimum Gasteiger partial charge on any atom is -0.481 e. The van der Waals surface area contributed by atoms with Crippen LogP contribution in [-0.4, -0.2) is 44.8 Å². The van der Waals surface area contributed by atoms with Crippen LogP contribution in [0.4, 0.5) is 0 Å². The van der Waals surface area contributed by atoms with Crippen LogP contribution in [0.15, 0.2) is 0 Å². The molecule has 0 radical (unpaired) electrons. The summed E-state index contributed by atoms with van der Waals surface area (Å²) in [6.07, 6.45) is -1.38. The average molecular weight is 264 g/mol. The zero-order valence-electron chi connectivity index (χ0n) is 10.3. The van der Waals surface area contributed by atoms with Crippen LogP contribution in [-0.2, 0) is 23.9 Å². The number of hydrogen-bond acceptors (Lipinski definition) is 5. The van der Waals surface area contributed by atoms with Gasteiger partial charge >= 0.3 is 23.9 Å². The third kappa shape index (κ3) is 19.5. The maximum Gasteiger partial charge on any atom is 0.317 e. The van der Waals surface area contributed by atoms with Gasteiger partial charge in [0.2, 0.25) is 0 Å². The van der Waals surface area contributed by atoms with Gasteiger partial charge in [0.15, 0.2) is 0 Å². The lowest BCUT2D eigenvalue weighted by Crippen LogP contribution is -2.25. The number of hydrogen-bond donors (Lipinski definition) is 3. The number of aliphatic carboxylic acids is 3. The highest BCUT2D eigenvalue weighted by Crippen LogP contribution is 2.07. The maximum atomic E-state index is 10.7. The van der Waals surface area contributed by atoms with Gasteiger partial charge in [-0.05, 0) is 20.8 Å². The Hall–Kier alpha value is -2.12. The van der Waals surface area contributed by atoms with Crippen molar-refractivity contribution in [3.8, 4) is 0 Å². The monoisotopic (exact) mass is 264 g/mol. The van der Waals surface area contributed by atoms with Crippen LogP contribution in [0.5, 0.6) is 0 Å². The van der Waals surface area contributed by atoms with Gasteiger partial charge in [0.05, 0.1) is 0 Å². The molecule has 0 aliphatic rings. The van der Waals surface area contributed by atoms with Gasteiger partial charge in [-0.2, -0.15) is 0 Å². The van der Waals surface area contributed by atoms with E-state index in [0.29, 0.717) is 0 Å². The van der Waals surface area contributed by atoms with E-state index in [1.165, 1.54) is 0 Å². The molecule has 0 spiro atoms. The van der Waals surface area contributed by atoms with E-state index < -0.39 is 42.3 Å². The Morgan fingerprint density at radius 2 is 1.17 bits per heavy atom. The molecule has 8 nitrogen and oxygen atoms in total. The van der Waals surface area contributed by atoms with Crippen molar-refractivity contribution in [1.82, 2.24) is 0 Å². The predicted octanol–water partition coefficient (Wildman–Crippen LogP) is 0.348. The van der Waals surface area contributed by atoms with Crippen LogP contribution < -0.4 is 0 Å². The van der Waals surface area contributed by atoms with Crippen molar-refractivity contribution < 1.29 is 39.2 Å². The van der Waals surface area contributed by atoms with E-state index in [4.69, 9.17) is 20.1 Å². The van der Waals surface area contributed by atoms with E-state index in [1.807, 2.05) is 0 Å². The summed E-state index contributed by atoms with van der Waals surface area (Å²) in [5, 5.41) is 23.6. The highest BCUT2D eigenvalue weighted by Gasteiger charge is 2.17. The number of carbonyl (C=O) groups excluding carboxylic acids is 1. The van der Waals surface area contributed by atoms with Gasteiger partial charge in [0.25, 0.3) is 0 Å². The molecule has 0 aromatic rings. The predicted molar refractivity (Wildman–Crippen MR) is 58.0 cm³/mol. The normalized spacial score (nSPS) is 9.72. The second kappa shape index (κ2) is 8.04. The molecule has 104 valence electrons. The second-order valence-corrected chi connectivity index (χ2v) is 4.12.